The number of carbonyl (C=O) groups excluding carboxylic acids is 1. The number of para-hydroxylation sites is 1. The first-order valence-electron chi connectivity index (χ1n) is 6.73. The highest BCUT2D eigenvalue weighted by atomic mass is 16.3. The molecular weight excluding hydrogens is 252 g/mol. The maximum atomic E-state index is 11.5. The van der Waals surface area contributed by atoms with E-state index in [0.29, 0.717) is 12.8 Å². The van der Waals surface area contributed by atoms with Gasteiger partial charge in [-0.2, -0.15) is 0 Å². The van der Waals surface area contributed by atoms with Gasteiger partial charge in [0.1, 0.15) is 0 Å². The average molecular weight is 272 g/mol. The molecule has 2 N–H and O–H groups in total. The molecule has 4 nitrogen and oxygen atoms in total. The minimum atomic E-state index is -0.700. The van der Waals surface area contributed by atoms with E-state index in [9.17, 15) is 9.90 Å². The van der Waals surface area contributed by atoms with Crippen molar-refractivity contribution in [3.8, 4) is 0 Å². The topological polar surface area (TPSA) is 54.3 Å². The van der Waals surface area contributed by atoms with E-state index in [1.165, 1.54) is 0 Å². The van der Waals surface area contributed by atoms with Crippen LogP contribution in [0.25, 0.3) is 10.9 Å². The fourth-order valence-electron chi connectivity index (χ4n) is 2.28. The molecule has 0 saturated heterocycles. The smallest absolute Gasteiger partial charge is 0.220 e. The standard InChI is InChI=1S/C16H20N2O2/c1-3-4-9-16(20)17-10-15(19)13-11-18(2)14-8-6-5-7-12(13)14/h3,5-8,11,15,19H,1,4,9-10H2,2H3,(H,17,20). The Bertz CT molecular complexity index is 616. The molecule has 0 fully saturated rings. The van der Waals surface area contributed by atoms with Gasteiger partial charge in [-0.25, -0.2) is 0 Å². The zero-order valence-electron chi connectivity index (χ0n) is 11.7. The quantitative estimate of drug-likeness (QED) is 0.793. The Hall–Kier alpha value is -2.07. The maximum absolute atomic E-state index is 11.5. The summed E-state index contributed by atoms with van der Waals surface area (Å²) >= 11 is 0. The van der Waals surface area contributed by atoms with Crippen LogP contribution in [0.4, 0.5) is 0 Å². The first-order chi connectivity index (χ1) is 9.63. The van der Waals surface area contributed by atoms with Gasteiger partial charge in [0.25, 0.3) is 0 Å². The number of hydrogen-bond donors (Lipinski definition) is 2. The molecule has 0 bridgehead atoms. The normalized spacial score (nSPS) is 12.3. The lowest BCUT2D eigenvalue weighted by molar-refractivity contribution is -0.121. The van der Waals surface area contributed by atoms with Gasteiger partial charge in [-0.05, 0) is 12.5 Å². The zero-order valence-corrected chi connectivity index (χ0v) is 11.7. The van der Waals surface area contributed by atoms with Crippen LogP contribution in [0.15, 0.2) is 43.1 Å². The van der Waals surface area contributed by atoms with E-state index in [0.717, 1.165) is 16.5 Å². The highest BCUT2D eigenvalue weighted by Gasteiger charge is 2.15. The van der Waals surface area contributed by atoms with E-state index in [1.54, 1.807) is 6.08 Å². The largest absolute Gasteiger partial charge is 0.386 e. The molecule has 0 saturated carbocycles. The molecule has 0 aliphatic rings. The minimum Gasteiger partial charge on any atom is -0.386 e. The van der Waals surface area contributed by atoms with E-state index >= 15 is 0 Å². The number of carbonyl (C=O) groups is 1. The Morgan fingerprint density at radius 1 is 1.50 bits per heavy atom. The first kappa shape index (κ1) is 14.3. The molecule has 106 valence electrons. The van der Waals surface area contributed by atoms with Crippen LogP contribution in [0.3, 0.4) is 0 Å². The molecule has 1 aromatic heterocycles. The number of hydrogen-bond acceptors (Lipinski definition) is 2. The highest BCUT2D eigenvalue weighted by Crippen LogP contribution is 2.25. The van der Waals surface area contributed by atoms with Gasteiger partial charge in [0.2, 0.25) is 5.91 Å². The fourth-order valence-corrected chi connectivity index (χ4v) is 2.28. The minimum absolute atomic E-state index is 0.0656. The SMILES string of the molecule is C=CCCC(=O)NCC(O)c1cn(C)c2ccccc12. The van der Waals surface area contributed by atoms with Crippen molar-refractivity contribution in [2.45, 2.75) is 18.9 Å². The lowest BCUT2D eigenvalue weighted by Gasteiger charge is -2.11. The second-order valence-electron chi connectivity index (χ2n) is 4.86. The molecule has 0 aliphatic heterocycles. The molecule has 4 heteroatoms. The van der Waals surface area contributed by atoms with E-state index in [2.05, 4.69) is 11.9 Å². The number of benzene rings is 1. The molecule has 0 aliphatic carbocycles. The van der Waals surface area contributed by atoms with Crippen molar-refractivity contribution in [2.75, 3.05) is 6.54 Å². The second-order valence-corrected chi connectivity index (χ2v) is 4.86. The van der Waals surface area contributed by atoms with Crippen molar-refractivity contribution in [3.05, 3.63) is 48.7 Å². The van der Waals surface area contributed by atoms with E-state index in [-0.39, 0.29) is 12.5 Å². The van der Waals surface area contributed by atoms with Crippen LogP contribution >= 0.6 is 0 Å². The van der Waals surface area contributed by atoms with Crippen LogP contribution in [0.2, 0.25) is 0 Å². The number of fused-ring (bicyclic) bond motifs is 1. The van der Waals surface area contributed by atoms with Gasteiger partial charge in [-0.1, -0.05) is 24.3 Å². The molecule has 0 radical (unpaired) electrons. The number of aryl methyl sites for hydroxylation is 1. The van der Waals surface area contributed by atoms with E-state index < -0.39 is 6.10 Å². The average Bonchev–Trinajstić information content (AvgIpc) is 2.80. The van der Waals surface area contributed by atoms with Crippen LogP contribution < -0.4 is 5.32 Å². The fraction of sp³-hybridized carbons (Fsp3) is 0.312. The summed E-state index contributed by atoms with van der Waals surface area (Å²) in [6, 6.07) is 7.90. The van der Waals surface area contributed by atoms with Crippen molar-refractivity contribution < 1.29 is 9.90 Å². The van der Waals surface area contributed by atoms with Crippen molar-refractivity contribution in [1.82, 2.24) is 9.88 Å². The van der Waals surface area contributed by atoms with Crippen molar-refractivity contribution in [3.63, 3.8) is 0 Å². The molecule has 2 rings (SSSR count). The molecule has 1 heterocycles. The lowest BCUT2D eigenvalue weighted by Crippen LogP contribution is -2.27. The second kappa shape index (κ2) is 6.39. The van der Waals surface area contributed by atoms with Gasteiger partial charge >= 0.3 is 0 Å². The van der Waals surface area contributed by atoms with Crippen LogP contribution in [0.5, 0.6) is 0 Å². The number of allylic oxidation sites excluding steroid dienone is 1. The molecule has 1 atom stereocenters. The monoisotopic (exact) mass is 272 g/mol. The van der Waals surface area contributed by atoms with E-state index in [4.69, 9.17) is 0 Å². The van der Waals surface area contributed by atoms with Crippen LogP contribution in [0.1, 0.15) is 24.5 Å². The summed E-state index contributed by atoms with van der Waals surface area (Å²) in [7, 11) is 1.95. The molecular formula is C16H20N2O2. The third kappa shape index (κ3) is 3.08. The zero-order chi connectivity index (χ0) is 14.5. The van der Waals surface area contributed by atoms with Gasteiger partial charge in [0, 0.05) is 42.7 Å². The highest BCUT2D eigenvalue weighted by molar-refractivity contribution is 5.84. The van der Waals surface area contributed by atoms with Crippen LogP contribution in [-0.4, -0.2) is 22.1 Å². The molecule has 2 aromatic rings. The van der Waals surface area contributed by atoms with Crippen LogP contribution in [0, 0.1) is 0 Å². The van der Waals surface area contributed by atoms with Gasteiger partial charge in [-0.15, -0.1) is 6.58 Å². The number of aliphatic hydroxyl groups excluding tert-OH is 1. The number of amides is 1. The number of nitrogens with zero attached hydrogens (tertiary/aromatic N) is 1. The van der Waals surface area contributed by atoms with Crippen molar-refractivity contribution in [2.24, 2.45) is 7.05 Å². The molecule has 1 amide bonds. The Balaban J connectivity index is 2.06. The summed E-state index contributed by atoms with van der Waals surface area (Å²) in [5, 5.41) is 14.0. The Labute approximate surface area is 118 Å². The summed E-state index contributed by atoms with van der Waals surface area (Å²) in [5.41, 5.74) is 1.91. The Kier molecular flexibility index (Phi) is 4.58. The van der Waals surface area contributed by atoms with Gasteiger partial charge in [0.15, 0.2) is 0 Å². The van der Waals surface area contributed by atoms with Gasteiger partial charge in [0.05, 0.1) is 6.10 Å². The van der Waals surface area contributed by atoms with E-state index in [1.807, 2.05) is 42.1 Å². The lowest BCUT2D eigenvalue weighted by atomic mass is 10.1. The molecule has 1 aromatic carbocycles. The number of aromatic nitrogens is 1. The maximum Gasteiger partial charge on any atom is 0.220 e. The molecule has 0 spiro atoms. The molecule has 20 heavy (non-hydrogen) atoms. The third-order valence-corrected chi connectivity index (χ3v) is 3.35. The van der Waals surface area contributed by atoms with Crippen molar-refractivity contribution in [1.29, 1.82) is 0 Å². The summed E-state index contributed by atoms with van der Waals surface area (Å²) < 4.78 is 1.98. The predicted octanol–water partition coefficient (Wildman–Crippen LogP) is 2.29. The summed E-state index contributed by atoms with van der Waals surface area (Å²) in [4.78, 5) is 11.5. The third-order valence-electron chi connectivity index (χ3n) is 3.35. The number of nitrogens with one attached hydrogen (secondary N) is 1. The van der Waals surface area contributed by atoms with Crippen molar-refractivity contribution >= 4 is 16.8 Å². The molecule has 1 unspecified atom stereocenters. The van der Waals surface area contributed by atoms with Gasteiger partial charge in [-0.3, -0.25) is 4.79 Å². The number of aliphatic hydroxyl groups is 1. The summed E-state index contributed by atoms with van der Waals surface area (Å²) in [6.07, 6.45) is 3.97. The summed E-state index contributed by atoms with van der Waals surface area (Å²) in [6.45, 7) is 3.81. The van der Waals surface area contributed by atoms with Crippen LogP contribution in [-0.2, 0) is 11.8 Å². The Morgan fingerprint density at radius 3 is 3.00 bits per heavy atom. The first-order valence-corrected chi connectivity index (χ1v) is 6.73. The Morgan fingerprint density at radius 2 is 2.25 bits per heavy atom. The van der Waals surface area contributed by atoms with Gasteiger partial charge < -0.3 is 15.0 Å². The predicted molar refractivity (Wildman–Crippen MR) is 80.3 cm³/mol. The number of rotatable bonds is 6. The summed E-state index contributed by atoms with van der Waals surface area (Å²) in [5.74, 6) is -0.0656.